The Morgan fingerprint density at radius 1 is 1.21 bits per heavy atom. The molecule has 5 atom stereocenters. The highest BCUT2D eigenvalue weighted by atomic mass is 16.7. The third-order valence-corrected chi connectivity index (χ3v) is 2.56. The minimum Gasteiger partial charge on any atom is -0.394 e. The van der Waals surface area contributed by atoms with Crippen LogP contribution in [0.1, 0.15) is 13.3 Å². The van der Waals surface area contributed by atoms with E-state index in [9.17, 15) is 20.4 Å². The molecule has 0 unspecified atom stereocenters. The SMILES string of the molecule is CC[C@@]1(O)O[C@H](CO)[C@@H](O)[C@H](O)[C@@H]1O. The molecule has 0 amide bonds. The summed E-state index contributed by atoms with van der Waals surface area (Å²) < 4.78 is 4.91. The van der Waals surface area contributed by atoms with Crippen molar-refractivity contribution in [2.45, 2.75) is 43.5 Å². The molecule has 6 heteroatoms. The molecule has 1 heterocycles. The summed E-state index contributed by atoms with van der Waals surface area (Å²) in [4.78, 5) is 0. The van der Waals surface area contributed by atoms with Gasteiger partial charge in [0.05, 0.1) is 6.61 Å². The van der Waals surface area contributed by atoms with Crippen molar-refractivity contribution in [3.05, 3.63) is 0 Å². The minimum absolute atomic E-state index is 0.0500. The molecule has 6 nitrogen and oxygen atoms in total. The summed E-state index contributed by atoms with van der Waals surface area (Å²) in [6, 6.07) is 0. The summed E-state index contributed by atoms with van der Waals surface area (Å²) >= 11 is 0. The lowest BCUT2D eigenvalue weighted by Gasteiger charge is -2.45. The maximum Gasteiger partial charge on any atom is 0.194 e. The van der Waals surface area contributed by atoms with Crippen LogP contribution in [-0.4, -0.2) is 62.3 Å². The van der Waals surface area contributed by atoms with Crippen LogP contribution in [0.4, 0.5) is 0 Å². The first-order valence-electron chi connectivity index (χ1n) is 4.51. The lowest BCUT2D eigenvalue weighted by Crippen LogP contribution is -2.64. The van der Waals surface area contributed by atoms with E-state index in [-0.39, 0.29) is 6.42 Å². The zero-order valence-electron chi connectivity index (χ0n) is 7.87. The van der Waals surface area contributed by atoms with Gasteiger partial charge in [-0.15, -0.1) is 0 Å². The van der Waals surface area contributed by atoms with Crippen LogP contribution in [0.2, 0.25) is 0 Å². The second kappa shape index (κ2) is 4.09. The Hall–Kier alpha value is -0.240. The molecule has 0 aliphatic carbocycles. The van der Waals surface area contributed by atoms with Gasteiger partial charge < -0.3 is 30.3 Å². The van der Waals surface area contributed by atoms with Crippen LogP contribution in [0.3, 0.4) is 0 Å². The van der Waals surface area contributed by atoms with Gasteiger partial charge in [-0.3, -0.25) is 0 Å². The van der Waals surface area contributed by atoms with E-state index in [0.717, 1.165) is 0 Å². The van der Waals surface area contributed by atoms with Crippen LogP contribution in [0.25, 0.3) is 0 Å². The fourth-order valence-corrected chi connectivity index (χ4v) is 1.51. The van der Waals surface area contributed by atoms with Gasteiger partial charge >= 0.3 is 0 Å². The third kappa shape index (κ3) is 1.77. The predicted octanol–water partition coefficient (Wildman–Crippen LogP) is -2.44. The predicted molar refractivity (Wildman–Crippen MR) is 45.2 cm³/mol. The Morgan fingerprint density at radius 2 is 1.79 bits per heavy atom. The maximum atomic E-state index is 9.68. The topological polar surface area (TPSA) is 110 Å². The van der Waals surface area contributed by atoms with E-state index >= 15 is 0 Å². The van der Waals surface area contributed by atoms with E-state index < -0.39 is 36.8 Å². The smallest absolute Gasteiger partial charge is 0.194 e. The molecule has 1 saturated heterocycles. The van der Waals surface area contributed by atoms with Crippen LogP contribution in [0, 0.1) is 0 Å². The first-order valence-corrected chi connectivity index (χ1v) is 4.51. The van der Waals surface area contributed by atoms with E-state index in [0.29, 0.717) is 0 Å². The number of hydrogen-bond acceptors (Lipinski definition) is 6. The highest BCUT2D eigenvalue weighted by Crippen LogP contribution is 2.30. The molecule has 1 aliphatic heterocycles. The Labute approximate surface area is 81.4 Å². The Bertz CT molecular complexity index is 196. The standard InChI is InChI=1S/C8H16O6/c1-2-8(13)7(12)6(11)5(10)4(3-9)14-8/h4-7,9-13H,2-3H2,1H3/t4-,5-,6+,7+,8-/m1/s1. The molecule has 1 aliphatic rings. The molecule has 0 bridgehead atoms. The molecule has 0 aromatic heterocycles. The van der Waals surface area contributed by atoms with E-state index in [2.05, 4.69) is 0 Å². The molecule has 84 valence electrons. The van der Waals surface area contributed by atoms with Gasteiger partial charge in [-0.05, 0) is 0 Å². The van der Waals surface area contributed by atoms with Crippen LogP contribution in [0.15, 0.2) is 0 Å². The monoisotopic (exact) mass is 208 g/mol. The fraction of sp³-hybridized carbons (Fsp3) is 1.00. The third-order valence-electron chi connectivity index (χ3n) is 2.56. The van der Waals surface area contributed by atoms with E-state index in [1.54, 1.807) is 6.92 Å². The Balaban J connectivity index is 2.84. The van der Waals surface area contributed by atoms with Gasteiger partial charge in [0.2, 0.25) is 0 Å². The quantitative estimate of drug-likeness (QED) is 0.345. The van der Waals surface area contributed by atoms with Crippen molar-refractivity contribution in [2.24, 2.45) is 0 Å². The number of ether oxygens (including phenoxy) is 1. The van der Waals surface area contributed by atoms with Crippen molar-refractivity contribution in [2.75, 3.05) is 6.61 Å². The molecule has 0 aromatic rings. The summed E-state index contributed by atoms with van der Waals surface area (Å²) in [6.45, 7) is 1.02. The van der Waals surface area contributed by atoms with Gasteiger partial charge in [0.15, 0.2) is 5.79 Å². The molecule has 5 N–H and O–H groups in total. The van der Waals surface area contributed by atoms with E-state index in [4.69, 9.17) is 9.84 Å². The lowest BCUT2D eigenvalue weighted by molar-refractivity contribution is -0.349. The van der Waals surface area contributed by atoms with Crippen molar-refractivity contribution in [1.29, 1.82) is 0 Å². The van der Waals surface area contributed by atoms with Gasteiger partial charge in [0, 0.05) is 6.42 Å². The normalized spacial score (nSPS) is 49.3. The van der Waals surface area contributed by atoms with Gasteiger partial charge in [-0.25, -0.2) is 0 Å². The second-order valence-corrected chi connectivity index (χ2v) is 3.46. The van der Waals surface area contributed by atoms with Crippen molar-refractivity contribution in [3.8, 4) is 0 Å². The second-order valence-electron chi connectivity index (χ2n) is 3.46. The zero-order valence-corrected chi connectivity index (χ0v) is 7.87. The Kier molecular flexibility index (Phi) is 3.46. The summed E-state index contributed by atoms with van der Waals surface area (Å²) in [5, 5.41) is 46.6. The first-order chi connectivity index (χ1) is 6.46. The largest absolute Gasteiger partial charge is 0.394 e. The molecule has 1 rings (SSSR count). The average Bonchev–Trinajstić information content (AvgIpc) is 2.20. The maximum absolute atomic E-state index is 9.68. The highest BCUT2D eigenvalue weighted by Gasteiger charge is 2.51. The average molecular weight is 208 g/mol. The van der Waals surface area contributed by atoms with Crippen LogP contribution >= 0.6 is 0 Å². The molecule has 0 spiro atoms. The summed E-state index contributed by atoms with van der Waals surface area (Å²) in [5.74, 6) is -1.91. The summed E-state index contributed by atoms with van der Waals surface area (Å²) in [6.07, 6.45) is -5.54. The molecule has 14 heavy (non-hydrogen) atoms. The van der Waals surface area contributed by atoms with Crippen LogP contribution in [0.5, 0.6) is 0 Å². The van der Waals surface area contributed by atoms with Crippen molar-refractivity contribution < 1.29 is 30.3 Å². The highest BCUT2D eigenvalue weighted by molar-refractivity contribution is 4.95. The van der Waals surface area contributed by atoms with Gasteiger partial charge in [0.25, 0.3) is 0 Å². The number of hydrogen-bond donors (Lipinski definition) is 5. The van der Waals surface area contributed by atoms with Crippen molar-refractivity contribution in [3.63, 3.8) is 0 Å². The molecular weight excluding hydrogens is 192 g/mol. The molecule has 0 saturated carbocycles. The number of aliphatic hydroxyl groups is 5. The Morgan fingerprint density at radius 3 is 2.21 bits per heavy atom. The number of aliphatic hydroxyl groups excluding tert-OH is 4. The van der Waals surface area contributed by atoms with E-state index in [1.165, 1.54) is 0 Å². The van der Waals surface area contributed by atoms with Crippen molar-refractivity contribution >= 4 is 0 Å². The lowest BCUT2D eigenvalue weighted by atomic mass is 9.91. The fourth-order valence-electron chi connectivity index (χ4n) is 1.51. The zero-order chi connectivity index (χ0) is 10.9. The van der Waals surface area contributed by atoms with E-state index in [1.807, 2.05) is 0 Å². The minimum atomic E-state index is -1.91. The van der Waals surface area contributed by atoms with Gasteiger partial charge in [-0.1, -0.05) is 6.92 Å². The van der Waals surface area contributed by atoms with Crippen molar-refractivity contribution in [1.82, 2.24) is 0 Å². The van der Waals surface area contributed by atoms with Gasteiger partial charge in [0.1, 0.15) is 24.4 Å². The van der Waals surface area contributed by atoms with Crippen LogP contribution in [-0.2, 0) is 4.74 Å². The first kappa shape index (κ1) is 11.8. The molecular formula is C8H16O6. The van der Waals surface area contributed by atoms with Gasteiger partial charge in [-0.2, -0.15) is 0 Å². The molecule has 1 fully saturated rings. The summed E-state index contributed by atoms with van der Waals surface area (Å²) in [5.41, 5.74) is 0. The van der Waals surface area contributed by atoms with Crippen LogP contribution < -0.4 is 0 Å². The number of rotatable bonds is 2. The molecule has 0 radical (unpaired) electrons. The molecule has 0 aromatic carbocycles. The summed E-state index contributed by atoms with van der Waals surface area (Å²) in [7, 11) is 0.